The fraction of sp³-hybridized carbons (Fsp3) is 0.333. The van der Waals surface area contributed by atoms with E-state index in [9.17, 15) is 9.59 Å². The van der Waals surface area contributed by atoms with Gasteiger partial charge in [0.05, 0.1) is 5.41 Å². The van der Waals surface area contributed by atoms with Gasteiger partial charge in [-0.05, 0) is 30.5 Å². The summed E-state index contributed by atoms with van der Waals surface area (Å²) in [5.74, 6) is -0.215. The molecule has 2 bridgehead atoms. The van der Waals surface area contributed by atoms with Gasteiger partial charge in [0.15, 0.2) is 0 Å². The standard InChI is InChI=1S/C12H10BrNO2/c13-9-3-1-8(2-4-9)12-5-7(6-12)10(15)14-11(12)16/h1-4,7H,5-6H2,(H,14,15,16). The van der Waals surface area contributed by atoms with Gasteiger partial charge in [0.1, 0.15) is 0 Å². The van der Waals surface area contributed by atoms with Gasteiger partial charge in [0.2, 0.25) is 11.8 Å². The van der Waals surface area contributed by atoms with Crippen molar-refractivity contribution in [3.05, 3.63) is 34.3 Å². The van der Waals surface area contributed by atoms with Gasteiger partial charge in [-0.15, -0.1) is 0 Å². The number of piperidine rings is 2. The molecule has 3 fully saturated rings. The summed E-state index contributed by atoms with van der Waals surface area (Å²) in [5.41, 5.74) is 0.566. The molecule has 16 heavy (non-hydrogen) atoms. The Kier molecular flexibility index (Phi) is 1.98. The van der Waals surface area contributed by atoms with Crippen LogP contribution in [-0.2, 0) is 15.0 Å². The summed E-state index contributed by atoms with van der Waals surface area (Å²) in [6, 6.07) is 7.77. The number of hydrogen-bond donors (Lipinski definition) is 1. The first-order chi connectivity index (χ1) is 7.62. The molecular formula is C12H10BrNO2. The van der Waals surface area contributed by atoms with Crippen molar-refractivity contribution < 1.29 is 9.59 Å². The van der Waals surface area contributed by atoms with Crippen molar-refractivity contribution >= 4 is 27.7 Å². The number of carbonyl (C=O) groups excluding carboxylic acids is 2. The minimum absolute atomic E-state index is 0.0290. The molecule has 1 aromatic carbocycles. The predicted octanol–water partition coefficient (Wildman–Crippen LogP) is 1.75. The molecule has 0 spiro atoms. The molecule has 1 aliphatic carbocycles. The van der Waals surface area contributed by atoms with Crippen LogP contribution < -0.4 is 5.32 Å². The Balaban J connectivity index is 1.99. The van der Waals surface area contributed by atoms with Gasteiger partial charge < -0.3 is 0 Å². The minimum Gasteiger partial charge on any atom is -0.295 e. The third-order valence-electron chi connectivity index (χ3n) is 3.63. The van der Waals surface area contributed by atoms with Crippen LogP contribution in [-0.4, -0.2) is 11.8 Å². The lowest BCUT2D eigenvalue weighted by Gasteiger charge is -2.49. The Morgan fingerprint density at radius 3 is 2.38 bits per heavy atom. The minimum atomic E-state index is -0.445. The second-order valence-electron chi connectivity index (χ2n) is 4.51. The van der Waals surface area contributed by atoms with Crippen LogP contribution in [0.2, 0.25) is 0 Å². The lowest BCUT2D eigenvalue weighted by Crippen LogP contribution is -2.64. The second-order valence-corrected chi connectivity index (χ2v) is 5.43. The van der Waals surface area contributed by atoms with Crippen LogP contribution in [0.5, 0.6) is 0 Å². The number of amides is 2. The molecule has 4 rings (SSSR count). The average Bonchev–Trinajstić information content (AvgIpc) is 2.17. The topological polar surface area (TPSA) is 46.2 Å². The third kappa shape index (κ3) is 1.19. The van der Waals surface area contributed by atoms with Crippen molar-refractivity contribution in [2.45, 2.75) is 18.3 Å². The quantitative estimate of drug-likeness (QED) is 0.797. The van der Waals surface area contributed by atoms with Crippen molar-refractivity contribution in [2.24, 2.45) is 5.92 Å². The van der Waals surface area contributed by atoms with Gasteiger partial charge in [-0.2, -0.15) is 0 Å². The smallest absolute Gasteiger partial charge is 0.237 e. The first-order valence-corrected chi connectivity index (χ1v) is 6.02. The van der Waals surface area contributed by atoms with Crippen LogP contribution in [0.1, 0.15) is 18.4 Å². The van der Waals surface area contributed by atoms with Crippen LogP contribution >= 0.6 is 15.9 Å². The molecule has 3 aliphatic rings. The number of hydrogen-bond acceptors (Lipinski definition) is 2. The lowest BCUT2D eigenvalue weighted by atomic mass is 9.55. The van der Waals surface area contributed by atoms with Gasteiger partial charge in [0.25, 0.3) is 0 Å². The van der Waals surface area contributed by atoms with Gasteiger partial charge in [0, 0.05) is 10.4 Å². The molecule has 0 radical (unpaired) electrons. The molecule has 0 atom stereocenters. The summed E-state index contributed by atoms with van der Waals surface area (Å²) >= 11 is 3.37. The molecule has 82 valence electrons. The molecule has 3 nitrogen and oxygen atoms in total. The van der Waals surface area contributed by atoms with Crippen molar-refractivity contribution in [3.8, 4) is 0 Å². The zero-order valence-corrected chi connectivity index (χ0v) is 10.1. The monoisotopic (exact) mass is 279 g/mol. The van der Waals surface area contributed by atoms with E-state index >= 15 is 0 Å². The van der Waals surface area contributed by atoms with Crippen molar-refractivity contribution in [1.82, 2.24) is 5.32 Å². The first-order valence-electron chi connectivity index (χ1n) is 5.23. The Bertz CT molecular complexity index is 474. The van der Waals surface area contributed by atoms with E-state index in [4.69, 9.17) is 0 Å². The zero-order chi connectivity index (χ0) is 11.3. The summed E-state index contributed by atoms with van der Waals surface area (Å²) < 4.78 is 0.996. The molecule has 2 amide bonds. The van der Waals surface area contributed by atoms with Crippen LogP contribution in [0.15, 0.2) is 28.7 Å². The first kappa shape index (κ1) is 10.0. The Hall–Kier alpha value is -1.16. The fourth-order valence-corrected chi connectivity index (χ4v) is 2.89. The maximum atomic E-state index is 11.9. The summed E-state index contributed by atoms with van der Waals surface area (Å²) in [4.78, 5) is 23.2. The Labute approximate surface area is 101 Å². The summed E-state index contributed by atoms with van der Waals surface area (Å²) in [7, 11) is 0. The molecule has 2 aliphatic heterocycles. The van der Waals surface area contributed by atoms with Crippen LogP contribution in [0.25, 0.3) is 0 Å². The number of carbonyl (C=O) groups is 2. The molecule has 0 aromatic heterocycles. The summed E-state index contributed by atoms with van der Waals surface area (Å²) in [6.07, 6.45) is 1.33. The van der Waals surface area contributed by atoms with Gasteiger partial charge in [-0.25, -0.2) is 0 Å². The van der Waals surface area contributed by atoms with E-state index in [2.05, 4.69) is 21.2 Å². The molecule has 0 unspecified atom stereocenters. The van der Waals surface area contributed by atoms with Gasteiger partial charge >= 0.3 is 0 Å². The maximum Gasteiger partial charge on any atom is 0.237 e. The number of benzene rings is 1. The van der Waals surface area contributed by atoms with E-state index in [-0.39, 0.29) is 17.7 Å². The SMILES string of the molecule is O=C1NC(=O)C2(c3ccc(Br)cc3)CC1C2. The van der Waals surface area contributed by atoms with Crippen LogP contribution in [0.3, 0.4) is 0 Å². The van der Waals surface area contributed by atoms with Crippen molar-refractivity contribution in [2.75, 3.05) is 0 Å². The van der Waals surface area contributed by atoms with Crippen molar-refractivity contribution in [3.63, 3.8) is 0 Å². The van der Waals surface area contributed by atoms with E-state index in [1.165, 1.54) is 0 Å². The molecule has 2 heterocycles. The summed E-state index contributed by atoms with van der Waals surface area (Å²) in [6.45, 7) is 0. The van der Waals surface area contributed by atoms with Crippen LogP contribution in [0, 0.1) is 5.92 Å². The van der Waals surface area contributed by atoms with Gasteiger partial charge in [-0.3, -0.25) is 14.9 Å². The molecule has 1 N–H and O–H groups in total. The third-order valence-corrected chi connectivity index (χ3v) is 4.16. The fourth-order valence-electron chi connectivity index (χ4n) is 2.62. The number of halogens is 1. The largest absolute Gasteiger partial charge is 0.295 e. The highest BCUT2D eigenvalue weighted by Gasteiger charge is 2.58. The highest BCUT2D eigenvalue weighted by molar-refractivity contribution is 9.10. The maximum absolute atomic E-state index is 11.9. The molecule has 2 saturated heterocycles. The van der Waals surface area contributed by atoms with E-state index in [1.807, 2.05) is 24.3 Å². The lowest BCUT2D eigenvalue weighted by molar-refractivity contribution is -0.151. The predicted molar refractivity (Wildman–Crippen MR) is 61.7 cm³/mol. The van der Waals surface area contributed by atoms with E-state index in [0.29, 0.717) is 12.8 Å². The van der Waals surface area contributed by atoms with Crippen LogP contribution in [0.4, 0.5) is 0 Å². The second kappa shape index (κ2) is 3.17. The van der Waals surface area contributed by atoms with E-state index in [1.54, 1.807) is 0 Å². The Morgan fingerprint density at radius 2 is 1.81 bits per heavy atom. The molecule has 1 saturated carbocycles. The highest BCUT2D eigenvalue weighted by atomic mass is 79.9. The highest BCUT2D eigenvalue weighted by Crippen LogP contribution is 2.50. The molecule has 4 heteroatoms. The van der Waals surface area contributed by atoms with Crippen molar-refractivity contribution in [1.29, 1.82) is 0 Å². The number of nitrogens with one attached hydrogen (secondary N) is 1. The molecule has 1 aromatic rings. The Morgan fingerprint density at radius 1 is 1.19 bits per heavy atom. The van der Waals surface area contributed by atoms with E-state index in [0.717, 1.165) is 10.0 Å². The number of rotatable bonds is 1. The summed E-state index contributed by atoms with van der Waals surface area (Å²) in [5, 5.41) is 2.44. The zero-order valence-electron chi connectivity index (χ0n) is 8.50. The van der Waals surface area contributed by atoms with E-state index < -0.39 is 5.41 Å². The van der Waals surface area contributed by atoms with Gasteiger partial charge in [-0.1, -0.05) is 28.1 Å². The normalized spacial score (nSPS) is 31.9. The average molecular weight is 280 g/mol. The number of fused-ring (bicyclic) bond motifs is 2. The number of imide groups is 1. The molecular weight excluding hydrogens is 270 g/mol.